The van der Waals surface area contributed by atoms with Crippen LogP contribution >= 0.6 is 0 Å². The lowest BCUT2D eigenvalue weighted by Gasteiger charge is -2.29. The summed E-state index contributed by atoms with van der Waals surface area (Å²) in [6.45, 7) is 5.10. The minimum atomic E-state index is -3.55. The Balaban J connectivity index is 1.62. The first kappa shape index (κ1) is 19.4. The van der Waals surface area contributed by atoms with Crippen molar-refractivity contribution in [3.05, 3.63) is 65.2 Å². The standard InChI is InChI=1S/C20H25N3O3S/c1-15(2)22-27(25,26)19-9-5-6-16(12-19)13-21-20(24)23-11-10-17-7-3-4-8-18(17)14-23/h3-9,12,15,22H,10-11,13-14H2,1-2H3,(H,21,24). The van der Waals surface area contributed by atoms with Crippen LogP contribution in [0.2, 0.25) is 0 Å². The zero-order chi connectivity index (χ0) is 19.4. The molecule has 0 radical (unpaired) electrons. The van der Waals surface area contributed by atoms with E-state index in [1.54, 1.807) is 43.0 Å². The Kier molecular flexibility index (Phi) is 5.82. The molecular weight excluding hydrogens is 362 g/mol. The molecule has 0 bridgehead atoms. The van der Waals surface area contributed by atoms with E-state index in [0.29, 0.717) is 13.1 Å². The molecule has 2 N–H and O–H groups in total. The molecule has 0 atom stereocenters. The average molecular weight is 388 g/mol. The van der Waals surface area contributed by atoms with Gasteiger partial charge in [0.25, 0.3) is 0 Å². The number of amides is 2. The number of benzene rings is 2. The predicted molar refractivity (Wildman–Crippen MR) is 105 cm³/mol. The van der Waals surface area contributed by atoms with E-state index in [1.807, 2.05) is 18.2 Å². The summed E-state index contributed by atoms with van der Waals surface area (Å²) >= 11 is 0. The van der Waals surface area contributed by atoms with Gasteiger partial charge in [-0.2, -0.15) is 0 Å². The summed E-state index contributed by atoms with van der Waals surface area (Å²) in [5.41, 5.74) is 3.20. The van der Waals surface area contributed by atoms with Crippen molar-refractivity contribution in [3.8, 4) is 0 Å². The van der Waals surface area contributed by atoms with Gasteiger partial charge in [-0.05, 0) is 49.1 Å². The van der Waals surface area contributed by atoms with Crippen molar-refractivity contribution in [1.82, 2.24) is 14.9 Å². The summed E-state index contributed by atoms with van der Waals surface area (Å²) in [5, 5.41) is 2.89. The summed E-state index contributed by atoms with van der Waals surface area (Å²) < 4.78 is 27.1. The highest BCUT2D eigenvalue weighted by molar-refractivity contribution is 7.89. The maximum Gasteiger partial charge on any atom is 0.317 e. The SMILES string of the molecule is CC(C)NS(=O)(=O)c1cccc(CNC(=O)N2CCc3ccccc3C2)c1. The van der Waals surface area contributed by atoms with Crippen LogP contribution < -0.4 is 10.0 Å². The second-order valence-corrected chi connectivity index (χ2v) is 8.74. The van der Waals surface area contributed by atoms with Crippen LogP contribution in [0, 0.1) is 0 Å². The number of fused-ring (bicyclic) bond motifs is 1. The molecule has 3 rings (SSSR count). The maximum absolute atomic E-state index is 12.5. The van der Waals surface area contributed by atoms with Crippen LogP contribution in [0.4, 0.5) is 4.79 Å². The number of urea groups is 1. The number of nitrogens with one attached hydrogen (secondary N) is 2. The Hall–Kier alpha value is -2.38. The van der Waals surface area contributed by atoms with Gasteiger partial charge in [0.2, 0.25) is 10.0 Å². The van der Waals surface area contributed by atoms with E-state index in [-0.39, 0.29) is 23.5 Å². The molecule has 2 aromatic carbocycles. The molecular formula is C20H25N3O3S. The molecule has 1 aliphatic rings. The quantitative estimate of drug-likeness (QED) is 0.828. The fourth-order valence-corrected chi connectivity index (χ4v) is 4.48. The Morgan fingerprint density at radius 2 is 1.85 bits per heavy atom. The normalized spacial score (nSPS) is 14.1. The second kappa shape index (κ2) is 8.10. The Morgan fingerprint density at radius 1 is 1.11 bits per heavy atom. The van der Waals surface area contributed by atoms with Gasteiger partial charge in [-0.15, -0.1) is 0 Å². The topological polar surface area (TPSA) is 78.5 Å². The Labute approximate surface area is 160 Å². The van der Waals surface area contributed by atoms with E-state index in [9.17, 15) is 13.2 Å². The van der Waals surface area contributed by atoms with Gasteiger partial charge in [-0.1, -0.05) is 36.4 Å². The lowest BCUT2D eigenvalue weighted by molar-refractivity contribution is 0.192. The molecule has 2 amide bonds. The molecule has 7 heteroatoms. The number of rotatable bonds is 5. The number of carbonyl (C=O) groups excluding carboxylic acids is 1. The molecule has 144 valence electrons. The smallest absolute Gasteiger partial charge is 0.317 e. The van der Waals surface area contributed by atoms with Crippen LogP contribution in [0.5, 0.6) is 0 Å². The van der Waals surface area contributed by atoms with Crippen LogP contribution in [-0.2, 0) is 29.5 Å². The van der Waals surface area contributed by atoms with Crippen LogP contribution in [-0.4, -0.2) is 31.9 Å². The van der Waals surface area contributed by atoms with Gasteiger partial charge in [0.05, 0.1) is 4.90 Å². The molecule has 6 nitrogen and oxygen atoms in total. The molecule has 2 aromatic rings. The van der Waals surface area contributed by atoms with Gasteiger partial charge in [0.15, 0.2) is 0 Å². The van der Waals surface area contributed by atoms with E-state index in [0.717, 1.165) is 12.0 Å². The zero-order valence-corrected chi connectivity index (χ0v) is 16.4. The van der Waals surface area contributed by atoms with Gasteiger partial charge in [-0.3, -0.25) is 0 Å². The van der Waals surface area contributed by atoms with Gasteiger partial charge in [-0.25, -0.2) is 17.9 Å². The van der Waals surface area contributed by atoms with E-state index >= 15 is 0 Å². The van der Waals surface area contributed by atoms with E-state index < -0.39 is 10.0 Å². The first-order valence-electron chi connectivity index (χ1n) is 9.06. The monoisotopic (exact) mass is 387 g/mol. The number of nitrogens with zero attached hydrogens (tertiary/aromatic N) is 1. The highest BCUT2D eigenvalue weighted by atomic mass is 32.2. The van der Waals surface area contributed by atoms with Crippen molar-refractivity contribution in [2.45, 2.75) is 44.3 Å². The number of hydrogen-bond acceptors (Lipinski definition) is 3. The number of sulfonamides is 1. The summed E-state index contributed by atoms with van der Waals surface area (Å²) in [5.74, 6) is 0. The van der Waals surface area contributed by atoms with Crippen molar-refractivity contribution >= 4 is 16.1 Å². The third-order valence-electron chi connectivity index (χ3n) is 4.46. The van der Waals surface area contributed by atoms with Crippen molar-refractivity contribution < 1.29 is 13.2 Å². The molecule has 0 unspecified atom stereocenters. The third-order valence-corrected chi connectivity index (χ3v) is 6.12. The molecule has 27 heavy (non-hydrogen) atoms. The molecule has 0 spiro atoms. The molecule has 0 saturated heterocycles. The van der Waals surface area contributed by atoms with Gasteiger partial charge in [0, 0.05) is 25.7 Å². The molecule has 1 heterocycles. The van der Waals surface area contributed by atoms with Crippen molar-refractivity contribution in [3.63, 3.8) is 0 Å². The zero-order valence-electron chi connectivity index (χ0n) is 15.6. The minimum Gasteiger partial charge on any atom is -0.334 e. The lowest BCUT2D eigenvalue weighted by Crippen LogP contribution is -2.42. The minimum absolute atomic E-state index is 0.141. The Morgan fingerprint density at radius 3 is 2.59 bits per heavy atom. The van der Waals surface area contributed by atoms with E-state index in [1.165, 1.54) is 11.1 Å². The predicted octanol–water partition coefficient (Wildman–Crippen LogP) is 2.64. The second-order valence-electron chi connectivity index (χ2n) is 7.02. The average Bonchev–Trinajstić information content (AvgIpc) is 2.65. The molecule has 0 saturated carbocycles. The fourth-order valence-electron chi connectivity index (χ4n) is 3.16. The van der Waals surface area contributed by atoms with Crippen LogP contribution in [0.25, 0.3) is 0 Å². The van der Waals surface area contributed by atoms with Gasteiger partial charge < -0.3 is 10.2 Å². The first-order chi connectivity index (χ1) is 12.8. The molecule has 0 aromatic heterocycles. The fraction of sp³-hybridized carbons (Fsp3) is 0.350. The van der Waals surface area contributed by atoms with Crippen molar-refractivity contribution in [1.29, 1.82) is 0 Å². The van der Waals surface area contributed by atoms with Crippen molar-refractivity contribution in [2.75, 3.05) is 6.54 Å². The first-order valence-corrected chi connectivity index (χ1v) is 10.5. The van der Waals surface area contributed by atoms with E-state index in [4.69, 9.17) is 0 Å². The molecule has 0 aliphatic carbocycles. The van der Waals surface area contributed by atoms with Gasteiger partial charge in [0.1, 0.15) is 0 Å². The van der Waals surface area contributed by atoms with Crippen LogP contribution in [0.3, 0.4) is 0 Å². The van der Waals surface area contributed by atoms with Crippen LogP contribution in [0.1, 0.15) is 30.5 Å². The third kappa shape index (κ3) is 4.87. The Bertz CT molecular complexity index is 926. The lowest BCUT2D eigenvalue weighted by atomic mass is 10.0. The highest BCUT2D eigenvalue weighted by Crippen LogP contribution is 2.18. The van der Waals surface area contributed by atoms with Crippen molar-refractivity contribution in [2.24, 2.45) is 0 Å². The molecule has 1 aliphatic heterocycles. The number of carbonyl (C=O) groups is 1. The molecule has 0 fully saturated rings. The summed E-state index contributed by atoms with van der Waals surface area (Å²) in [6.07, 6.45) is 0.845. The summed E-state index contributed by atoms with van der Waals surface area (Å²) in [7, 11) is -3.55. The number of hydrogen-bond donors (Lipinski definition) is 2. The van der Waals surface area contributed by atoms with Gasteiger partial charge >= 0.3 is 6.03 Å². The highest BCUT2D eigenvalue weighted by Gasteiger charge is 2.20. The van der Waals surface area contributed by atoms with Crippen LogP contribution in [0.15, 0.2) is 53.4 Å². The summed E-state index contributed by atoms with van der Waals surface area (Å²) in [4.78, 5) is 14.5. The largest absolute Gasteiger partial charge is 0.334 e. The maximum atomic E-state index is 12.5. The van der Waals surface area contributed by atoms with E-state index in [2.05, 4.69) is 16.1 Å². The summed E-state index contributed by atoms with van der Waals surface area (Å²) in [6, 6.07) is 14.5.